The Bertz CT molecular complexity index is 1760. The van der Waals surface area contributed by atoms with Gasteiger partial charge in [-0.05, 0) is 49.8 Å². The van der Waals surface area contributed by atoms with Crippen molar-refractivity contribution in [3.05, 3.63) is 84.5 Å². The Kier molecular flexibility index (Phi) is 8.62. The summed E-state index contributed by atoms with van der Waals surface area (Å²) in [5.41, 5.74) is 1.08. The number of fused-ring (bicyclic) bond motifs is 1. The highest BCUT2D eigenvalue weighted by atomic mass is 32.1. The lowest BCUT2D eigenvalue weighted by atomic mass is 9.96. The Morgan fingerprint density at radius 1 is 0.927 bits per heavy atom. The summed E-state index contributed by atoms with van der Waals surface area (Å²) in [6, 6.07) is 10.0. The molecule has 3 aromatic rings. The van der Waals surface area contributed by atoms with E-state index in [0.717, 1.165) is 11.3 Å². The van der Waals surface area contributed by atoms with E-state index in [4.69, 9.17) is 18.9 Å². The van der Waals surface area contributed by atoms with E-state index < -0.39 is 35.5 Å². The minimum Gasteiger partial charge on any atom is -0.463 e. The number of ether oxygens (including phenoxy) is 4. The number of carbonyl (C=O) groups excluding carboxylic acids is 4. The van der Waals surface area contributed by atoms with Crippen LogP contribution in [0.25, 0.3) is 6.08 Å². The summed E-state index contributed by atoms with van der Waals surface area (Å²) in [6.45, 7) is 7.22. The molecule has 0 unspecified atom stereocenters. The van der Waals surface area contributed by atoms with Crippen molar-refractivity contribution in [1.82, 2.24) is 4.57 Å². The summed E-state index contributed by atoms with van der Waals surface area (Å²) in [4.78, 5) is 66.3. The largest absolute Gasteiger partial charge is 0.463 e. The van der Waals surface area contributed by atoms with Gasteiger partial charge in [-0.2, -0.15) is 0 Å². The summed E-state index contributed by atoms with van der Waals surface area (Å²) in [5, 5.41) is 0. The van der Waals surface area contributed by atoms with Gasteiger partial charge in [0.25, 0.3) is 5.56 Å². The Morgan fingerprint density at radius 3 is 2.15 bits per heavy atom. The predicted molar refractivity (Wildman–Crippen MR) is 147 cm³/mol. The van der Waals surface area contributed by atoms with Crippen LogP contribution in [0, 0.1) is 0 Å². The second-order valence-electron chi connectivity index (χ2n) is 8.85. The summed E-state index contributed by atoms with van der Waals surface area (Å²) in [7, 11) is 0. The minimum atomic E-state index is -0.877. The number of aromatic nitrogens is 1. The Hall–Kier alpha value is -4.84. The highest BCUT2D eigenvalue weighted by molar-refractivity contribution is 7.07. The number of thiazole rings is 1. The Morgan fingerprint density at radius 2 is 1.54 bits per heavy atom. The van der Waals surface area contributed by atoms with E-state index in [0.29, 0.717) is 27.4 Å². The van der Waals surface area contributed by atoms with Crippen LogP contribution < -0.4 is 29.1 Å². The molecule has 12 heteroatoms. The van der Waals surface area contributed by atoms with E-state index in [2.05, 4.69) is 4.99 Å². The van der Waals surface area contributed by atoms with Gasteiger partial charge in [0.05, 0.1) is 28.5 Å². The second-order valence-corrected chi connectivity index (χ2v) is 9.86. The average molecular weight is 579 g/mol. The Balaban J connectivity index is 1.90. The molecule has 1 aliphatic rings. The van der Waals surface area contributed by atoms with E-state index >= 15 is 0 Å². The van der Waals surface area contributed by atoms with Gasteiger partial charge in [-0.3, -0.25) is 23.7 Å². The van der Waals surface area contributed by atoms with Gasteiger partial charge in [-0.15, -0.1) is 0 Å². The zero-order chi connectivity index (χ0) is 29.8. The predicted octanol–water partition coefficient (Wildman–Crippen LogP) is 2.57. The lowest BCUT2D eigenvalue weighted by Gasteiger charge is -2.24. The van der Waals surface area contributed by atoms with Gasteiger partial charge in [0.15, 0.2) is 4.80 Å². The molecular weight excluding hydrogens is 552 g/mol. The van der Waals surface area contributed by atoms with Crippen molar-refractivity contribution >= 4 is 41.3 Å². The number of allylic oxidation sites excluding steroid dienone is 1. The fraction of sp³-hybridized carbons (Fsp3) is 0.241. The van der Waals surface area contributed by atoms with E-state index in [9.17, 15) is 24.0 Å². The molecule has 1 aliphatic heterocycles. The minimum absolute atomic E-state index is 0.0862. The number of rotatable bonds is 7. The highest BCUT2D eigenvalue weighted by Crippen LogP contribution is 2.32. The van der Waals surface area contributed by atoms with Crippen molar-refractivity contribution in [2.75, 3.05) is 6.61 Å². The molecular formula is C29H26N2O9S. The molecule has 0 N–H and O–H groups in total. The van der Waals surface area contributed by atoms with E-state index in [1.54, 1.807) is 44.2 Å². The summed E-state index contributed by atoms with van der Waals surface area (Å²) < 4.78 is 22.5. The van der Waals surface area contributed by atoms with Crippen LogP contribution in [-0.2, 0) is 23.9 Å². The van der Waals surface area contributed by atoms with Gasteiger partial charge in [-0.1, -0.05) is 23.5 Å². The molecule has 0 spiro atoms. The van der Waals surface area contributed by atoms with Gasteiger partial charge in [0.1, 0.15) is 17.2 Å². The molecule has 0 saturated heterocycles. The number of carbonyl (C=O) groups is 4. The molecule has 0 aliphatic carbocycles. The molecule has 1 aromatic heterocycles. The SMILES string of the molecule is CCOC(=O)C1=C(C)N=c2sc(=Cc3ccc(OC(C)=O)cc3OC(C)=O)c(=O)n2[C@@H]1c1ccc(OC(C)=O)cc1. The van der Waals surface area contributed by atoms with Gasteiger partial charge in [0.2, 0.25) is 0 Å². The highest BCUT2D eigenvalue weighted by Gasteiger charge is 2.33. The first-order valence-corrected chi connectivity index (χ1v) is 13.3. The normalized spacial score (nSPS) is 14.6. The van der Waals surface area contributed by atoms with Crippen molar-refractivity contribution in [3.63, 3.8) is 0 Å². The first kappa shape index (κ1) is 29.2. The number of hydrogen-bond donors (Lipinski definition) is 0. The van der Waals surface area contributed by atoms with Crippen LogP contribution in [-0.4, -0.2) is 35.1 Å². The molecule has 2 heterocycles. The topological polar surface area (TPSA) is 140 Å². The van der Waals surface area contributed by atoms with Gasteiger partial charge in [-0.25, -0.2) is 9.79 Å². The van der Waals surface area contributed by atoms with Crippen LogP contribution >= 0.6 is 11.3 Å². The van der Waals surface area contributed by atoms with Crippen LogP contribution in [0.2, 0.25) is 0 Å². The van der Waals surface area contributed by atoms with Crippen molar-refractivity contribution in [1.29, 1.82) is 0 Å². The van der Waals surface area contributed by atoms with Crippen LogP contribution in [0.1, 0.15) is 51.8 Å². The molecule has 0 radical (unpaired) electrons. The van der Waals surface area contributed by atoms with Crippen molar-refractivity contribution in [2.45, 2.75) is 40.7 Å². The summed E-state index contributed by atoms with van der Waals surface area (Å²) in [6.07, 6.45) is 1.53. The fourth-order valence-electron chi connectivity index (χ4n) is 4.24. The molecule has 0 amide bonds. The van der Waals surface area contributed by atoms with Crippen molar-refractivity contribution in [2.24, 2.45) is 4.99 Å². The average Bonchev–Trinajstić information content (AvgIpc) is 3.18. The zero-order valence-corrected chi connectivity index (χ0v) is 23.7. The van der Waals surface area contributed by atoms with Crippen molar-refractivity contribution < 1.29 is 38.1 Å². The third kappa shape index (κ3) is 6.49. The molecule has 2 aromatic carbocycles. The smallest absolute Gasteiger partial charge is 0.338 e. The van der Waals surface area contributed by atoms with Crippen LogP contribution in [0.4, 0.5) is 0 Å². The standard InChI is InChI=1S/C29H26N2O9S/c1-6-37-28(36)25-15(2)30-29-31(26(25)19-7-10-21(11-8-19)38-16(3)32)27(35)24(41-29)13-20-9-12-22(39-17(4)33)14-23(20)40-18(5)34/h7-14,26H,6H2,1-5H3/t26-/m1/s1. The molecule has 41 heavy (non-hydrogen) atoms. The maximum atomic E-state index is 13.9. The number of benzene rings is 2. The molecule has 212 valence electrons. The summed E-state index contributed by atoms with van der Waals surface area (Å²) in [5.74, 6) is -1.69. The van der Waals surface area contributed by atoms with E-state index in [-0.39, 0.29) is 28.2 Å². The lowest BCUT2D eigenvalue weighted by Crippen LogP contribution is -2.39. The van der Waals surface area contributed by atoms with Crippen LogP contribution in [0.3, 0.4) is 0 Å². The Labute approximate surface area is 237 Å². The van der Waals surface area contributed by atoms with Crippen molar-refractivity contribution in [3.8, 4) is 17.2 Å². The fourth-order valence-corrected chi connectivity index (χ4v) is 5.28. The molecule has 11 nitrogen and oxygen atoms in total. The quantitative estimate of drug-likeness (QED) is 0.306. The first-order valence-electron chi connectivity index (χ1n) is 12.5. The number of nitrogens with zero attached hydrogens (tertiary/aromatic N) is 2. The second kappa shape index (κ2) is 12.1. The molecule has 4 rings (SSSR count). The van der Waals surface area contributed by atoms with E-state index in [1.807, 2.05) is 0 Å². The lowest BCUT2D eigenvalue weighted by molar-refractivity contribution is -0.139. The van der Waals surface area contributed by atoms with Gasteiger partial charge >= 0.3 is 23.9 Å². The maximum Gasteiger partial charge on any atom is 0.338 e. The molecule has 0 bridgehead atoms. The van der Waals surface area contributed by atoms with E-state index in [1.165, 1.54) is 43.5 Å². The van der Waals surface area contributed by atoms with Crippen LogP contribution in [0.5, 0.6) is 17.2 Å². The third-order valence-corrected chi connectivity index (χ3v) is 6.74. The zero-order valence-electron chi connectivity index (χ0n) is 22.9. The molecule has 1 atom stereocenters. The summed E-state index contributed by atoms with van der Waals surface area (Å²) >= 11 is 1.09. The first-order chi connectivity index (χ1) is 19.5. The van der Waals surface area contributed by atoms with Gasteiger partial charge in [0, 0.05) is 32.4 Å². The third-order valence-electron chi connectivity index (χ3n) is 5.76. The number of esters is 4. The number of hydrogen-bond acceptors (Lipinski definition) is 11. The maximum absolute atomic E-state index is 13.9. The molecule has 0 saturated carbocycles. The van der Waals surface area contributed by atoms with Crippen LogP contribution in [0.15, 0.2) is 63.5 Å². The molecule has 0 fully saturated rings. The monoisotopic (exact) mass is 578 g/mol. The van der Waals surface area contributed by atoms with Gasteiger partial charge < -0.3 is 18.9 Å².